The fraction of sp³-hybridized carbons (Fsp3) is 0.538. The van der Waals surface area contributed by atoms with Gasteiger partial charge in [-0.15, -0.1) is 0 Å². The van der Waals surface area contributed by atoms with Crippen LogP contribution in [0, 0.1) is 23.5 Å². The highest BCUT2D eigenvalue weighted by atomic mass is 19.2. The molecule has 0 unspecified atom stereocenters. The quantitative estimate of drug-likeness (QED) is 0.528. The van der Waals surface area contributed by atoms with Crippen molar-refractivity contribution in [3.8, 4) is 0 Å². The van der Waals surface area contributed by atoms with E-state index in [-0.39, 0.29) is 19.4 Å². The Morgan fingerprint density at radius 3 is 2.19 bits per heavy atom. The summed E-state index contributed by atoms with van der Waals surface area (Å²) in [6.45, 7) is 1.68. The van der Waals surface area contributed by atoms with Crippen molar-refractivity contribution >= 4 is 11.7 Å². The number of nitrogens with zero attached hydrogens (tertiary/aromatic N) is 1. The fourth-order valence-electron chi connectivity index (χ4n) is 2.46. The Bertz CT molecular complexity index is 533. The molecule has 1 aromatic rings. The number of rotatable bonds is 4. The van der Waals surface area contributed by atoms with E-state index < -0.39 is 40.7 Å². The molecule has 1 aliphatic rings. The molecule has 0 amide bonds. The number of carbonyl (C=O) groups is 1. The summed E-state index contributed by atoms with van der Waals surface area (Å²) in [6.07, 6.45) is 1.78. The summed E-state index contributed by atoms with van der Waals surface area (Å²) in [5.41, 5.74) is -2.41. The van der Waals surface area contributed by atoms with Gasteiger partial charge in [-0.3, -0.25) is 0 Å². The number of hydrogen-bond acceptors (Lipinski definition) is 4. The van der Waals surface area contributed by atoms with E-state index in [0.717, 1.165) is 0 Å². The number of halogens is 4. The van der Waals surface area contributed by atoms with Gasteiger partial charge in [0, 0.05) is 0 Å². The molecular weight excluding hydrogens is 292 g/mol. The smallest absolute Gasteiger partial charge is 0.331 e. The molecule has 1 saturated carbocycles. The van der Waals surface area contributed by atoms with Crippen LogP contribution in [0.25, 0.3) is 0 Å². The highest BCUT2D eigenvalue weighted by Crippen LogP contribution is 2.36. The third-order valence-corrected chi connectivity index (χ3v) is 3.49. The second-order valence-corrected chi connectivity index (χ2v) is 4.83. The third-order valence-electron chi connectivity index (χ3n) is 3.49. The van der Waals surface area contributed by atoms with Crippen LogP contribution in [0.1, 0.15) is 32.6 Å². The van der Waals surface area contributed by atoms with E-state index in [9.17, 15) is 22.4 Å². The van der Waals surface area contributed by atoms with Crippen molar-refractivity contribution in [1.29, 1.82) is 0 Å². The van der Waals surface area contributed by atoms with Crippen LogP contribution < -0.4 is 5.32 Å². The number of hydrogen-bond donors (Lipinski definition) is 1. The molecule has 1 fully saturated rings. The van der Waals surface area contributed by atoms with Crippen LogP contribution in [0.15, 0.2) is 0 Å². The van der Waals surface area contributed by atoms with E-state index in [1.165, 1.54) is 0 Å². The molecule has 0 spiro atoms. The second-order valence-electron chi connectivity index (χ2n) is 4.83. The van der Waals surface area contributed by atoms with Gasteiger partial charge in [0.05, 0.1) is 6.61 Å². The number of anilines is 1. The minimum Gasteiger partial charge on any atom is -0.464 e. The standard InChI is InChI=1S/C13H14F4N2O2/c1-2-21-12(20)13(5-3-4-6-13)19-9-7(14)10(16)18-11(17)8(9)15/h2-6H2,1H3,(H,18,19). The molecule has 2 rings (SSSR count). The van der Waals surface area contributed by atoms with Gasteiger partial charge < -0.3 is 10.1 Å². The maximum Gasteiger partial charge on any atom is 0.331 e. The lowest BCUT2D eigenvalue weighted by Gasteiger charge is -2.29. The van der Waals surface area contributed by atoms with Gasteiger partial charge in [0.25, 0.3) is 11.9 Å². The SMILES string of the molecule is CCOC(=O)C1(Nc2c(F)c(F)nc(F)c2F)CCCC1. The number of pyridine rings is 1. The summed E-state index contributed by atoms with van der Waals surface area (Å²) in [7, 11) is 0. The zero-order valence-electron chi connectivity index (χ0n) is 11.3. The van der Waals surface area contributed by atoms with Crippen LogP contribution in [-0.2, 0) is 9.53 Å². The Balaban J connectivity index is 2.41. The molecule has 8 heteroatoms. The van der Waals surface area contributed by atoms with Crippen molar-refractivity contribution in [3.63, 3.8) is 0 Å². The van der Waals surface area contributed by atoms with E-state index in [4.69, 9.17) is 4.74 Å². The van der Waals surface area contributed by atoms with Crippen LogP contribution in [-0.4, -0.2) is 23.1 Å². The number of ether oxygens (including phenoxy) is 1. The zero-order valence-corrected chi connectivity index (χ0v) is 11.3. The lowest BCUT2D eigenvalue weighted by atomic mass is 9.97. The lowest BCUT2D eigenvalue weighted by Crippen LogP contribution is -2.45. The highest BCUT2D eigenvalue weighted by Gasteiger charge is 2.44. The maximum absolute atomic E-state index is 13.7. The number of nitrogens with one attached hydrogen (secondary N) is 1. The summed E-state index contributed by atoms with van der Waals surface area (Å²) >= 11 is 0. The van der Waals surface area contributed by atoms with Crippen molar-refractivity contribution in [2.45, 2.75) is 38.1 Å². The molecule has 1 aliphatic carbocycles. The molecule has 0 aliphatic heterocycles. The van der Waals surface area contributed by atoms with Crippen LogP contribution in [0.3, 0.4) is 0 Å². The Morgan fingerprint density at radius 1 is 1.19 bits per heavy atom. The van der Waals surface area contributed by atoms with Gasteiger partial charge in [-0.2, -0.15) is 22.5 Å². The summed E-state index contributed by atoms with van der Waals surface area (Å²) in [5, 5.41) is 2.31. The first-order valence-electron chi connectivity index (χ1n) is 6.56. The summed E-state index contributed by atoms with van der Waals surface area (Å²) in [5.74, 6) is -7.56. The van der Waals surface area contributed by atoms with Gasteiger partial charge in [0.2, 0.25) is 11.6 Å². The van der Waals surface area contributed by atoms with E-state index in [2.05, 4.69) is 10.3 Å². The third kappa shape index (κ3) is 2.79. The first-order valence-corrected chi connectivity index (χ1v) is 6.56. The predicted octanol–water partition coefficient (Wildman–Crippen LogP) is 2.93. The normalized spacial score (nSPS) is 16.8. The van der Waals surface area contributed by atoms with Crippen molar-refractivity contribution in [3.05, 3.63) is 23.5 Å². The monoisotopic (exact) mass is 306 g/mol. The van der Waals surface area contributed by atoms with E-state index >= 15 is 0 Å². The van der Waals surface area contributed by atoms with Gasteiger partial charge in [-0.25, -0.2) is 4.79 Å². The average molecular weight is 306 g/mol. The zero-order chi connectivity index (χ0) is 15.6. The molecule has 0 aromatic carbocycles. The molecular formula is C13H14F4N2O2. The van der Waals surface area contributed by atoms with Crippen molar-refractivity contribution in [1.82, 2.24) is 4.98 Å². The summed E-state index contributed by atoms with van der Waals surface area (Å²) < 4.78 is 58.4. The molecule has 0 atom stereocenters. The topological polar surface area (TPSA) is 51.2 Å². The Hall–Kier alpha value is -1.86. The molecule has 0 radical (unpaired) electrons. The number of carbonyl (C=O) groups excluding carboxylic acids is 1. The molecule has 0 bridgehead atoms. The minimum atomic E-state index is -1.77. The minimum absolute atomic E-state index is 0.0896. The lowest BCUT2D eigenvalue weighted by molar-refractivity contribution is -0.148. The van der Waals surface area contributed by atoms with Crippen LogP contribution in [0.2, 0.25) is 0 Å². The summed E-state index contributed by atoms with van der Waals surface area (Å²) in [4.78, 5) is 14.5. The summed E-state index contributed by atoms with van der Waals surface area (Å²) in [6, 6.07) is 0. The van der Waals surface area contributed by atoms with Crippen molar-refractivity contribution in [2.75, 3.05) is 11.9 Å². The van der Waals surface area contributed by atoms with Crippen LogP contribution >= 0.6 is 0 Å². The molecule has 1 N–H and O–H groups in total. The van der Waals surface area contributed by atoms with E-state index in [0.29, 0.717) is 12.8 Å². The van der Waals surface area contributed by atoms with E-state index in [1.54, 1.807) is 6.92 Å². The van der Waals surface area contributed by atoms with Crippen molar-refractivity contribution < 1.29 is 27.1 Å². The maximum atomic E-state index is 13.7. The fourth-order valence-corrected chi connectivity index (χ4v) is 2.46. The Labute approximate surface area is 118 Å². The largest absolute Gasteiger partial charge is 0.464 e. The number of aromatic nitrogens is 1. The van der Waals surface area contributed by atoms with Gasteiger partial charge in [0.1, 0.15) is 11.2 Å². The molecule has 116 valence electrons. The molecule has 0 saturated heterocycles. The predicted molar refractivity (Wildman–Crippen MR) is 65.5 cm³/mol. The van der Waals surface area contributed by atoms with E-state index in [1.807, 2.05) is 0 Å². The molecule has 21 heavy (non-hydrogen) atoms. The van der Waals surface area contributed by atoms with Crippen molar-refractivity contribution in [2.24, 2.45) is 0 Å². The molecule has 1 aromatic heterocycles. The van der Waals surface area contributed by atoms with Gasteiger partial charge in [0.15, 0.2) is 0 Å². The molecule has 1 heterocycles. The van der Waals surface area contributed by atoms with Gasteiger partial charge in [-0.05, 0) is 19.8 Å². The Morgan fingerprint density at radius 2 is 1.71 bits per heavy atom. The second kappa shape index (κ2) is 5.87. The van der Waals surface area contributed by atoms with Gasteiger partial charge in [-0.1, -0.05) is 12.8 Å². The molecule has 4 nitrogen and oxygen atoms in total. The first kappa shape index (κ1) is 15.5. The van der Waals surface area contributed by atoms with Crippen LogP contribution in [0.4, 0.5) is 23.2 Å². The highest BCUT2D eigenvalue weighted by molar-refractivity contribution is 5.85. The average Bonchev–Trinajstić information content (AvgIpc) is 2.92. The van der Waals surface area contributed by atoms with Crippen LogP contribution in [0.5, 0.6) is 0 Å². The Kier molecular flexibility index (Phi) is 4.34. The first-order chi connectivity index (χ1) is 9.91. The van der Waals surface area contributed by atoms with Gasteiger partial charge >= 0.3 is 5.97 Å². The number of esters is 1.